The Morgan fingerprint density at radius 1 is 1.38 bits per heavy atom. The van der Waals surface area contributed by atoms with Gasteiger partial charge in [-0.2, -0.15) is 5.10 Å². The van der Waals surface area contributed by atoms with Crippen LogP contribution in [-0.2, 0) is 7.05 Å². The number of aryl methyl sites for hydroxylation is 2. The molecule has 0 aliphatic rings. The van der Waals surface area contributed by atoms with Gasteiger partial charge in [-0.1, -0.05) is 27.7 Å². The summed E-state index contributed by atoms with van der Waals surface area (Å²) in [6.45, 7) is 1.98. The molecule has 0 fully saturated rings. The van der Waals surface area contributed by atoms with Crippen molar-refractivity contribution in [3.63, 3.8) is 0 Å². The molecule has 1 aromatic heterocycles. The Morgan fingerprint density at radius 3 is 2.69 bits per heavy atom. The number of halogens is 1. The van der Waals surface area contributed by atoms with Gasteiger partial charge >= 0.3 is 0 Å². The van der Waals surface area contributed by atoms with Gasteiger partial charge in [0.25, 0.3) is 0 Å². The molecular formula is C11H12BrN3S. The van der Waals surface area contributed by atoms with Gasteiger partial charge in [0.1, 0.15) is 0 Å². The Labute approximate surface area is 107 Å². The van der Waals surface area contributed by atoms with Crippen molar-refractivity contribution in [2.24, 2.45) is 7.05 Å². The Hall–Kier alpha value is -0.940. The summed E-state index contributed by atoms with van der Waals surface area (Å²) in [7, 11) is 1.93. The Bertz CT molecular complexity index is 522. The number of nitrogen functional groups attached to an aromatic ring is 1. The summed E-state index contributed by atoms with van der Waals surface area (Å²) in [5.74, 6) is 0. The fraction of sp³-hybridized carbons (Fsp3) is 0.182. The van der Waals surface area contributed by atoms with Gasteiger partial charge in [-0.25, -0.2) is 0 Å². The van der Waals surface area contributed by atoms with Crippen molar-refractivity contribution < 1.29 is 0 Å². The van der Waals surface area contributed by atoms with Crippen LogP contribution in [-0.4, -0.2) is 9.78 Å². The normalized spacial score (nSPS) is 10.7. The predicted octanol–water partition coefficient (Wildman–Crippen LogP) is 3.22. The second-order valence-electron chi connectivity index (χ2n) is 3.53. The number of benzene rings is 1. The van der Waals surface area contributed by atoms with Crippen molar-refractivity contribution in [3.8, 4) is 0 Å². The molecule has 3 nitrogen and oxygen atoms in total. The van der Waals surface area contributed by atoms with E-state index < -0.39 is 0 Å². The third-order valence-electron chi connectivity index (χ3n) is 2.15. The summed E-state index contributed by atoms with van der Waals surface area (Å²) < 4.78 is 2.86. The summed E-state index contributed by atoms with van der Waals surface area (Å²) in [6, 6.07) is 7.95. The molecule has 0 atom stereocenters. The molecule has 0 aliphatic carbocycles. The first-order valence-electron chi connectivity index (χ1n) is 4.80. The maximum Gasteiger partial charge on any atom is 0.0987 e. The molecular weight excluding hydrogens is 286 g/mol. The molecule has 0 bridgehead atoms. The maximum absolute atomic E-state index is 5.95. The molecule has 1 aromatic carbocycles. The number of nitrogens with two attached hydrogens (primary N) is 1. The molecule has 2 N–H and O–H groups in total. The highest BCUT2D eigenvalue weighted by molar-refractivity contribution is 9.10. The van der Waals surface area contributed by atoms with Crippen LogP contribution in [0.5, 0.6) is 0 Å². The van der Waals surface area contributed by atoms with Gasteiger partial charge in [0.05, 0.1) is 10.7 Å². The van der Waals surface area contributed by atoms with E-state index in [1.54, 1.807) is 11.8 Å². The van der Waals surface area contributed by atoms with E-state index in [-0.39, 0.29) is 0 Å². The van der Waals surface area contributed by atoms with Crippen molar-refractivity contribution >= 4 is 33.4 Å². The first kappa shape index (κ1) is 11.5. The van der Waals surface area contributed by atoms with Crippen LogP contribution in [0.2, 0.25) is 0 Å². The van der Waals surface area contributed by atoms with Crippen LogP contribution in [0.4, 0.5) is 5.69 Å². The quantitative estimate of drug-likeness (QED) is 0.866. The molecule has 0 aliphatic heterocycles. The highest BCUT2D eigenvalue weighted by Gasteiger charge is 2.07. The fourth-order valence-electron chi connectivity index (χ4n) is 1.41. The lowest BCUT2D eigenvalue weighted by atomic mass is 10.3. The zero-order valence-corrected chi connectivity index (χ0v) is 11.5. The molecule has 84 valence electrons. The van der Waals surface area contributed by atoms with E-state index >= 15 is 0 Å². The number of nitrogens with zero attached hydrogens (tertiary/aromatic N) is 2. The predicted molar refractivity (Wildman–Crippen MR) is 70.6 cm³/mol. The molecule has 5 heteroatoms. The van der Waals surface area contributed by atoms with Crippen LogP contribution in [0, 0.1) is 6.92 Å². The second-order valence-corrected chi connectivity index (χ2v) is 5.51. The first-order valence-corrected chi connectivity index (χ1v) is 6.41. The largest absolute Gasteiger partial charge is 0.398 e. The number of rotatable bonds is 2. The van der Waals surface area contributed by atoms with Crippen molar-refractivity contribution in [2.75, 3.05) is 5.73 Å². The van der Waals surface area contributed by atoms with Crippen LogP contribution >= 0.6 is 27.7 Å². The topological polar surface area (TPSA) is 43.8 Å². The molecule has 2 aromatic rings. The lowest BCUT2D eigenvalue weighted by Gasteiger charge is -2.05. The number of hydrogen-bond acceptors (Lipinski definition) is 3. The number of hydrogen-bond donors (Lipinski definition) is 1. The molecule has 0 amide bonds. The SMILES string of the molecule is Cc1cc(Sc2ccc(Br)cc2N)n(C)n1. The van der Waals surface area contributed by atoms with Gasteiger partial charge in [0.15, 0.2) is 0 Å². The molecule has 0 radical (unpaired) electrons. The monoisotopic (exact) mass is 297 g/mol. The smallest absolute Gasteiger partial charge is 0.0987 e. The summed E-state index contributed by atoms with van der Waals surface area (Å²) in [6.07, 6.45) is 0. The summed E-state index contributed by atoms with van der Waals surface area (Å²) in [4.78, 5) is 1.05. The lowest BCUT2D eigenvalue weighted by molar-refractivity contribution is 0.692. The van der Waals surface area contributed by atoms with E-state index in [0.717, 1.165) is 25.8 Å². The van der Waals surface area contributed by atoms with Crippen molar-refractivity contribution in [1.29, 1.82) is 0 Å². The van der Waals surface area contributed by atoms with Crippen LogP contribution in [0.3, 0.4) is 0 Å². The zero-order valence-electron chi connectivity index (χ0n) is 9.07. The van der Waals surface area contributed by atoms with Gasteiger partial charge in [0, 0.05) is 22.1 Å². The maximum atomic E-state index is 5.95. The van der Waals surface area contributed by atoms with Crippen LogP contribution < -0.4 is 5.73 Å². The summed E-state index contributed by atoms with van der Waals surface area (Å²) >= 11 is 5.02. The standard InChI is InChI=1S/C11H12BrN3S/c1-7-5-11(15(2)14-7)16-10-4-3-8(12)6-9(10)13/h3-6H,13H2,1-2H3. The van der Waals surface area contributed by atoms with E-state index in [1.165, 1.54) is 0 Å². The van der Waals surface area contributed by atoms with Crippen LogP contribution in [0.1, 0.15) is 5.69 Å². The van der Waals surface area contributed by atoms with Crippen LogP contribution in [0.15, 0.2) is 38.7 Å². The lowest BCUT2D eigenvalue weighted by Crippen LogP contribution is -1.93. The van der Waals surface area contributed by atoms with Gasteiger partial charge in [-0.3, -0.25) is 4.68 Å². The molecule has 2 rings (SSSR count). The van der Waals surface area contributed by atoms with Gasteiger partial charge in [-0.05, 0) is 31.2 Å². The Balaban J connectivity index is 2.30. The molecule has 0 saturated carbocycles. The van der Waals surface area contributed by atoms with E-state index in [9.17, 15) is 0 Å². The second kappa shape index (κ2) is 4.51. The third kappa shape index (κ3) is 2.41. The summed E-state index contributed by atoms with van der Waals surface area (Å²) in [5.41, 5.74) is 7.74. The van der Waals surface area contributed by atoms with Gasteiger partial charge in [-0.15, -0.1) is 0 Å². The highest BCUT2D eigenvalue weighted by Crippen LogP contribution is 2.33. The molecule has 0 spiro atoms. The van der Waals surface area contributed by atoms with E-state index in [1.807, 2.05) is 42.9 Å². The average molecular weight is 298 g/mol. The van der Waals surface area contributed by atoms with E-state index in [4.69, 9.17) is 5.73 Å². The Morgan fingerprint density at radius 2 is 2.12 bits per heavy atom. The summed E-state index contributed by atoms with van der Waals surface area (Å²) in [5, 5.41) is 5.39. The highest BCUT2D eigenvalue weighted by atomic mass is 79.9. The number of anilines is 1. The fourth-order valence-corrected chi connectivity index (χ4v) is 2.73. The van der Waals surface area contributed by atoms with Gasteiger partial charge in [0.2, 0.25) is 0 Å². The molecule has 0 saturated heterocycles. The van der Waals surface area contributed by atoms with Crippen molar-refractivity contribution in [3.05, 3.63) is 34.4 Å². The molecule has 0 unspecified atom stereocenters. The van der Waals surface area contributed by atoms with Crippen LogP contribution in [0.25, 0.3) is 0 Å². The van der Waals surface area contributed by atoms with Crippen molar-refractivity contribution in [1.82, 2.24) is 9.78 Å². The van der Waals surface area contributed by atoms with Crippen molar-refractivity contribution in [2.45, 2.75) is 16.8 Å². The van der Waals surface area contributed by atoms with E-state index in [2.05, 4.69) is 21.0 Å². The minimum absolute atomic E-state index is 0.776. The minimum Gasteiger partial charge on any atom is -0.398 e. The average Bonchev–Trinajstić information content (AvgIpc) is 2.50. The number of aromatic nitrogens is 2. The first-order chi connectivity index (χ1) is 7.56. The van der Waals surface area contributed by atoms with Gasteiger partial charge < -0.3 is 5.73 Å². The minimum atomic E-state index is 0.776. The molecule has 1 heterocycles. The van der Waals surface area contributed by atoms with E-state index in [0.29, 0.717) is 0 Å². The molecule has 16 heavy (non-hydrogen) atoms. The zero-order chi connectivity index (χ0) is 11.7. The Kier molecular flexibility index (Phi) is 3.25. The third-order valence-corrected chi connectivity index (χ3v) is 3.82.